The zero-order valence-electron chi connectivity index (χ0n) is 16.4. The van der Waals surface area contributed by atoms with Gasteiger partial charge in [0.1, 0.15) is 23.4 Å². The van der Waals surface area contributed by atoms with Crippen LogP contribution in [0.4, 0.5) is 13.2 Å². The van der Waals surface area contributed by atoms with Crippen molar-refractivity contribution in [2.75, 3.05) is 13.1 Å². The Labute approximate surface area is 176 Å². The molecule has 0 saturated carbocycles. The van der Waals surface area contributed by atoms with Crippen LogP contribution in [0.1, 0.15) is 28.8 Å². The number of amides is 2. The third kappa shape index (κ3) is 6.27. The van der Waals surface area contributed by atoms with Crippen LogP contribution in [0.5, 0.6) is 17.2 Å². The fraction of sp³-hybridized carbons (Fsp3) is 0.333. The molecule has 3 rings (SSSR count). The van der Waals surface area contributed by atoms with Crippen LogP contribution in [-0.2, 0) is 11.2 Å². The van der Waals surface area contributed by atoms with Crippen molar-refractivity contribution in [3.63, 3.8) is 0 Å². The monoisotopic (exact) mass is 438 g/mol. The zero-order valence-corrected chi connectivity index (χ0v) is 16.4. The van der Waals surface area contributed by atoms with Crippen LogP contribution in [0.2, 0.25) is 0 Å². The maximum atomic E-state index is 12.5. The number of phenols is 1. The van der Waals surface area contributed by atoms with Crippen LogP contribution in [-0.4, -0.2) is 47.4 Å². The Morgan fingerprint density at radius 2 is 1.74 bits per heavy atom. The van der Waals surface area contributed by atoms with E-state index >= 15 is 0 Å². The van der Waals surface area contributed by atoms with Gasteiger partial charge in [-0.05, 0) is 29.8 Å². The van der Waals surface area contributed by atoms with E-state index in [2.05, 4.69) is 4.74 Å². The molecule has 0 bridgehead atoms. The minimum Gasteiger partial charge on any atom is -0.508 e. The molecule has 0 unspecified atom stereocenters. The number of carbonyl (C=O) groups is 2. The number of hydrogen-bond donors (Lipinski definition) is 2. The topological polar surface area (TPSA) is 102 Å². The zero-order chi connectivity index (χ0) is 22.6. The molecule has 0 atom stereocenters. The minimum absolute atomic E-state index is 0.0518. The number of nitrogens with zero attached hydrogens (tertiary/aromatic N) is 1. The van der Waals surface area contributed by atoms with E-state index in [1.165, 1.54) is 42.5 Å². The van der Waals surface area contributed by atoms with Crippen molar-refractivity contribution in [2.24, 2.45) is 5.73 Å². The van der Waals surface area contributed by atoms with E-state index in [0.29, 0.717) is 31.5 Å². The fourth-order valence-electron chi connectivity index (χ4n) is 3.31. The lowest BCUT2D eigenvalue weighted by Crippen LogP contribution is -2.42. The standard InChI is InChI=1S/C21H21F3N2O5/c22-21(23,24)31-16-4-1-13(2-5-16)11-19(28)26-9-7-15(8-10-26)30-18-12-14(27)3-6-17(18)20(25)29/h1-6,12,15,27H,7-11H2,(H2,25,29). The van der Waals surface area contributed by atoms with E-state index in [1.807, 2.05) is 0 Å². The van der Waals surface area contributed by atoms with E-state index in [0.717, 1.165) is 0 Å². The van der Waals surface area contributed by atoms with E-state index in [-0.39, 0.29) is 41.2 Å². The molecule has 2 amide bonds. The molecule has 10 heteroatoms. The molecule has 0 aliphatic carbocycles. The van der Waals surface area contributed by atoms with E-state index < -0.39 is 12.3 Å². The number of phenolic OH excluding ortho intramolecular Hbond substituents is 1. The molecule has 1 aliphatic rings. The molecule has 31 heavy (non-hydrogen) atoms. The Morgan fingerprint density at radius 3 is 2.32 bits per heavy atom. The number of aromatic hydroxyl groups is 1. The third-order valence-corrected chi connectivity index (χ3v) is 4.83. The summed E-state index contributed by atoms with van der Waals surface area (Å²) in [6.45, 7) is 0.840. The highest BCUT2D eigenvalue weighted by molar-refractivity contribution is 5.95. The maximum Gasteiger partial charge on any atom is 0.573 e. The molecule has 3 N–H and O–H groups in total. The van der Waals surface area contributed by atoms with Gasteiger partial charge in [0, 0.05) is 32.0 Å². The summed E-state index contributed by atoms with van der Waals surface area (Å²) in [4.78, 5) is 25.7. The second-order valence-electron chi connectivity index (χ2n) is 7.11. The largest absolute Gasteiger partial charge is 0.573 e. The Kier molecular flexibility index (Phi) is 6.57. The normalized spacial score (nSPS) is 14.9. The lowest BCUT2D eigenvalue weighted by Gasteiger charge is -2.32. The van der Waals surface area contributed by atoms with Gasteiger partial charge in [0.2, 0.25) is 5.91 Å². The maximum absolute atomic E-state index is 12.5. The summed E-state index contributed by atoms with van der Waals surface area (Å²) >= 11 is 0. The van der Waals surface area contributed by atoms with Gasteiger partial charge < -0.3 is 25.2 Å². The molecule has 7 nitrogen and oxygen atoms in total. The second-order valence-corrected chi connectivity index (χ2v) is 7.11. The van der Waals surface area contributed by atoms with Crippen LogP contribution < -0.4 is 15.2 Å². The van der Waals surface area contributed by atoms with Crippen molar-refractivity contribution in [3.8, 4) is 17.2 Å². The molecule has 1 saturated heterocycles. The van der Waals surface area contributed by atoms with Crippen molar-refractivity contribution in [1.29, 1.82) is 0 Å². The molecule has 1 heterocycles. The molecule has 2 aromatic rings. The fourth-order valence-corrected chi connectivity index (χ4v) is 3.31. The SMILES string of the molecule is NC(=O)c1ccc(O)cc1OC1CCN(C(=O)Cc2ccc(OC(F)(F)F)cc2)CC1. The first-order chi connectivity index (χ1) is 14.6. The summed E-state index contributed by atoms with van der Waals surface area (Å²) in [5, 5.41) is 9.63. The highest BCUT2D eigenvalue weighted by Crippen LogP contribution is 2.27. The summed E-state index contributed by atoms with van der Waals surface area (Å²) in [5.41, 5.74) is 6.06. The molecule has 0 spiro atoms. The molecule has 2 aromatic carbocycles. The first kappa shape index (κ1) is 22.3. The average molecular weight is 438 g/mol. The van der Waals surface area contributed by atoms with Gasteiger partial charge in [-0.25, -0.2) is 0 Å². The van der Waals surface area contributed by atoms with Crippen molar-refractivity contribution in [3.05, 3.63) is 53.6 Å². The number of carbonyl (C=O) groups excluding carboxylic acids is 2. The number of rotatable bonds is 6. The van der Waals surface area contributed by atoms with Crippen molar-refractivity contribution >= 4 is 11.8 Å². The van der Waals surface area contributed by atoms with Gasteiger partial charge in [0.25, 0.3) is 5.91 Å². The average Bonchev–Trinajstić information content (AvgIpc) is 2.69. The molecular formula is C21H21F3N2O5. The van der Waals surface area contributed by atoms with Gasteiger partial charge in [-0.2, -0.15) is 0 Å². The number of nitrogens with two attached hydrogens (primary N) is 1. The molecule has 1 aliphatic heterocycles. The number of likely N-dealkylation sites (tertiary alicyclic amines) is 1. The van der Waals surface area contributed by atoms with Gasteiger partial charge in [0.15, 0.2) is 0 Å². The Morgan fingerprint density at radius 1 is 1.10 bits per heavy atom. The van der Waals surface area contributed by atoms with Crippen molar-refractivity contribution in [1.82, 2.24) is 4.90 Å². The smallest absolute Gasteiger partial charge is 0.508 e. The predicted molar refractivity (Wildman–Crippen MR) is 104 cm³/mol. The number of alkyl halides is 3. The summed E-state index contributed by atoms with van der Waals surface area (Å²) in [7, 11) is 0. The quantitative estimate of drug-likeness (QED) is 0.722. The van der Waals surface area contributed by atoms with Gasteiger partial charge >= 0.3 is 6.36 Å². The highest BCUT2D eigenvalue weighted by Gasteiger charge is 2.31. The number of halogens is 3. The number of hydrogen-bond acceptors (Lipinski definition) is 5. The Balaban J connectivity index is 1.52. The third-order valence-electron chi connectivity index (χ3n) is 4.83. The predicted octanol–water partition coefficient (Wildman–Crippen LogP) is 3.00. The van der Waals surface area contributed by atoms with Crippen LogP contribution in [0.3, 0.4) is 0 Å². The van der Waals surface area contributed by atoms with Crippen LogP contribution in [0.15, 0.2) is 42.5 Å². The summed E-state index contributed by atoms with van der Waals surface area (Å²) in [5.74, 6) is -1.03. The van der Waals surface area contributed by atoms with Crippen molar-refractivity contribution < 1.29 is 37.3 Å². The minimum atomic E-state index is -4.76. The Bertz CT molecular complexity index is 939. The molecule has 166 valence electrons. The van der Waals surface area contributed by atoms with Crippen LogP contribution >= 0.6 is 0 Å². The molecular weight excluding hydrogens is 417 g/mol. The van der Waals surface area contributed by atoms with Gasteiger partial charge in [-0.15, -0.1) is 13.2 Å². The Hall–Kier alpha value is -3.43. The van der Waals surface area contributed by atoms with Crippen LogP contribution in [0.25, 0.3) is 0 Å². The van der Waals surface area contributed by atoms with Gasteiger partial charge in [0.05, 0.1) is 12.0 Å². The number of ether oxygens (including phenoxy) is 2. The summed E-state index contributed by atoms with van der Waals surface area (Å²) in [6.07, 6.45) is -3.95. The van der Waals surface area contributed by atoms with Gasteiger partial charge in [-0.1, -0.05) is 12.1 Å². The lowest BCUT2D eigenvalue weighted by molar-refractivity contribution is -0.274. The number of piperidine rings is 1. The molecule has 0 radical (unpaired) electrons. The number of primary amides is 1. The molecule has 0 aromatic heterocycles. The van der Waals surface area contributed by atoms with Crippen molar-refractivity contribution in [2.45, 2.75) is 31.7 Å². The summed E-state index contributed by atoms with van der Waals surface area (Å²) in [6, 6.07) is 9.23. The van der Waals surface area contributed by atoms with E-state index in [4.69, 9.17) is 10.5 Å². The lowest BCUT2D eigenvalue weighted by atomic mass is 10.1. The highest BCUT2D eigenvalue weighted by atomic mass is 19.4. The first-order valence-corrected chi connectivity index (χ1v) is 9.52. The van der Waals surface area contributed by atoms with E-state index in [9.17, 15) is 27.9 Å². The summed E-state index contributed by atoms with van der Waals surface area (Å²) < 4.78 is 46.3. The van der Waals surface area contributed by atoms with E-state index in [1.54, 1.807) is 4.90 Å². The number of benzene rings is 2. The van der Waals surface area contributed by atoms with Gasteiger partial charge in [-0.3, -0.25) is 9.59 Å². The first-order valence-electron chi connectivity index (χ1n) is 9.52. The second kappa shape index (κ2) is 9.15. The molecule has 1 fully saturated rings. The van der Waals surface area contributed by atoms with Crippen LogP contribution in [0, 0.1) is 0 Å².